The Morgan fingerprint density at radius 1 is 1.53 bits per heavy atom. The van der Waals surface area contributed by atoms with Gasteiger partial charge in [0, 0.05) is 26.8 Å². The van der Waals surface area contributed by atoms with Crippen molar-refractivity contribution in [2.45, 2.75) is 18.5 Å². The third-order valence-electron chi connectivity index (χ3n) is 2.30. The normalized spacial score (nSPS) is 10.4. The van der Waals surface area contributed by atoms with Crippen molar-refractivity contribution in [2.75, 3.05) is 26.9 Å². The number of amides is 1. The van der Waals surface area contributed by atoms with Crippen molar-refractivity contribution in [3.63, 3.8) is 0 Å². The van der Waals surface area contributed by atoms with Crippen LogP contribution in [0.2, 0.25) is 0 Å². The number of thioether (sulfide) groups is 1. The van der Waals surface area contributed by atoms with Gasteiger partial charge in [-0.05, 0) is 25.1 Å². The maximum Gasteiger partial charge on any atom is 0.232 e. The average molecular weight is 253 g/mol. The first kappa shape index (κ1) is 14.0. The van der Waals surface area contributed by atoms with Gasteiger partial charge in [0.15, 0.2) is 0 Å². The van der Waals surface area contributed by atoms with E-state index in [4.69, 9.17) is 0 Å². The second kappa shape index (κ2) is 6.61. The molecule has 0 spiro atoms. The first-order valence-electron chi connectivity index (χ1n) is 5.47. The lowest BCUT2D eigenvalue weighted by Crippen LogP contribution is -2.23. The van der Waals surface area contributed by atoms with E-state index in [1.807, 2.05) is 20.2 Å². The van der Waals surface area contributed by atoms with Gasteiger partial charge >= 0.3 is 0 Å². The zero-order valence-electron chi connectivity index (χ0n) is 10.8. The van der Waals surface area contributed by atoms with Crippen molar-refractivity contribution >= 4 is 17.7 Å². The molecule has 17 heavy (non-hydrogen) atoms. The lowest BCUT2D eigenvalue weighted by atomic mass is 10.2. The van der Waals surface area contributed by atoms with Crippen LogP contribution in [0.3, 0.4) is 0 Å². The fraction of sp³-hybridized carbons (Fsp3) is 0.500. The monoisotopic (exact) mass is 253 g/mol. The Hall–Kier alpha value is -1.07. The van der Waals surface area contributed by atoms with Gasteiger partial charge in [-0.2, -0.15) is 0 Å². The van der Waals surface area contributed by atoms with E-state index >= 15 is 0 Å². The number of nitrogens with one attached hydrogen (secondary N) is 1. The fourth-order valence-corrected chi connectivity index (χ4v) is 2.26. The SMILES string of the molecule is CNCc1cnc(SCC(=O)N(C)C)c(C)c1. The van der Waals surface area contributed by atoms with Crippen LogP contribution in [0.4, 0.5) is 0 Å². The standard InChI is InChI=1S/C12H19N3OS/c1-9-5-10(6-13-2)7-14-12(9)17-8-11(16)15(3)4/h5,7,13H,6,8H2,1-4H3. The van der Waals surface area contributed by atoms with E-state index in [0.29, 0.717) is 5.75 Å². The van der Waals surface area contributed by atoms with Gasteiger partial charge in [0.2, 0.25) is 5.91 Å². The average Bonchev–Trinajstić information content (AvgIpc) is 2.27. The second-order valence-electron chi connectivity index (χ2n) is 4.07. The smallest absolute Gasteiger partial charge is 0.232 e. The molecule has 0 bridgehead atoms. The molecule has 94 valence electrons. The summed E-state index contributed by atoms with van der Waals surface area (Å²) in [7, 11) is 5.44. The Kier molecular flexibility index (Phi) is 5.44. The van der Waals surface area contributed by atoms with Crippen LogP contribution in [0.5, 0.6) is 0 Å². The van der Waals surface area contributed by atoms with E-state index in [0.717, 1.165) is 22.7 Å². The minimum Gasteiger partial charge on any atom is -0.348 e. The van der Waals surface area contributed by atoms with Gasteiger partial charge in [-0.15, -0.1) is 0 Å². The molecule has 4 nitrogen and oxygen atoms in total. The summed E-state index contributed by atoms with van der Waals surface area (Å²) in [5.74, 6) is 0.544. The van der Waals surface area contributed by atoms with Crippen LogP contribution in [-0.4, -0.2) is 42.7 Å². The number of aryl methyl sites for hydroxylation is 1. The summed E-state index contributed by atoms with van der Waals surface area (Å²) in [5.41, 5.74) is 2.28. The summed E-state index contributed by atoms with van der Waals surface area (Å²) in [6.07, 6.45) is 1.85. The predicted octanol–water partition coefficient (Wildman–Crippen LogP) is 1.29. The molecular weight excluding hydrogens is 234 g/mol. The third-order valence-corrected chi connectivity index (χ3v) is 3.39. The van der Waals surface area contributed by atoms with Gasteiger partial charge in [-0.25, -0.2) is 4.98 Å². The number of rotatable bonds is 5. The zero-order valence-corrected chi connectivity index (χ0v) is 11.6. The Labute approximate surface area is 107 Å². The summed E-state index contributed by atoms with van der Waals surface area (Å²) < 4.78 is 0. The summed E-state index contributed by atoms with van der Waals surface area (Å²) in [4.78, 5) is 17.4. The number of aromatic nitrogens is 1. The molecule has 1 heterocycles. The summed E-state index contributed by atoms with van der Waals surface area (Å²) >= 11 is 1.49. The highest BCUT2D eigenvalue weighted by atomic mass is 32.2. The van der Waals surface area contributed by atoms with E-state index in [9.17, 15) is 4.79 Å². The molecule has 0 fully saturated rings. The number of pyridine rings is 1. The van der Waals surface area contributed by atoms with Crippen LogP contribution in [0.1, 0.15) is 11.1 Å². The number of hydrogen-bond acceptors (Lipinski definition) is 4. The largest absolute Gasteiger partial charge is 0.348 e. The highest BCUT2D eigenvalue weighted by Gasteiger charge is 2.08. The highest BCUT2D eigenvalue weighted by molar-refractivity contribution is 7.99. The topological polar surface area (TPSA) is 45.2 Å². The van der Waals surface area contributed by atoms with Crippen LogP contribution in [0.15, 0.2) is 17.3 Å². The van der Waals surface area contributed by atoms with Gasteiger partial charge < -0.3 is 10.2 Å². The molecule has 1 aromatic heterocycles. The van der Waals surface area contributed by atoms with Crippen LogP contribution >= 0.6 is 11.8 Å². The van der Waals surface area contributed by atoms with Crippen LogP contribution < -0.4 is 5.32 Å². The number of nitrogens with zero attached hydrogens (tertiary/aromatic N) is 2. The van der Waals surface area contributed by atoms with Crippen molar-refractivity contribution in [3.8, 4) is 0 Å². The maximum atomic E-state index is 11.5. The summed E-state index contributed by atoms with van der Waals surface area (Å²) in [5, 5.41) is 4.02. The minimum atomic E-state index is 0.107. The molecule has 0 aliphatic carbocycles. The van der Waals surface area contributed by atoms with Crippen molar-refractivity contribution < 1.29 is 4.79 Å². The van der Waals surface area contributed by atoms with Gasteiger partial charge in [0.05, 0.1) is 10.8 Å². The van der Waals surface area contributed by atoms with E-state index in [1.54, 1.807) is 19.0 Å². The molecule has 0 atom stereocenters. The third kappa shape index (κ3) is 4.36. The molecule has 0 unspecified atom stereocenters. The van der Waals surface area contributed by atoms with Gasteiger partial charge in [-0.1, -0.05) is 17.8 Å². The molecule has 0 aliphatic heterocycles. The predicted molar refractivity (Wildman–Crippen MR) is 71.2 cm³/mol. The van der Waals surface area contributed by atoms with Gasteiger partial charge in [-0.3, -0.25) is 4.79 Å². The Balaban J connectivity index is 2.63. The molecule has 0 saturated carbocycles. The van der Waals surface area contributed by atoms with Crippen molar-refractivity contribution in [1.82, 2.24) is 15.2 Å². The summed E-state index contributed by atoms with van der Waals surface area (Å²) in [6.45, 7) is 2.84. The first-order valence-corrected chi connectivity index (χ1v) is 6.46. The number of carbonyl (C=O) groups is 1. The van der Waals surface area contributed by atoms with Crippen molar-refractivity contribution in [1.29, 1.82) is 0 Å². The Bertz CT molecular complexity index is 393. The van der Waals surface area contributed by atoms with Crippen LogP contribution in [0.25, 0.3) is 0 Å². The van der Waals surface area contributed by atoms with Gasteiger partial charge in [0.25, 0.3) is 0 Å². The van der Waals surface area contributed by atoms with E-state index < -0.39 is 0 Å². The molecule has 0 aromatic carbocycles. The molecule has 5 heteroatoms. The van der Waals surface area contributed by atoms with E-state index in [1.165, 1.54) is 11.8 Å². The van der Waals surface area contributed by atoms with Crippen molar-refractivity contribution in [3.05, 3.63) is 23.4 Å². The molecule has 1 rings (SSSR count). The molecular formula is C12H19N3OS. The molecule has 0 saturated heterocycles. The number of carbonyl (C=O) groups excluding carboxylic acids is 1. The fourth-order valence-electron chi connectivity index (χ4n) is 1.33. The van der Waals surface area contributed by atoms with Crippen molar-refractivity contribution in [2.24, 2.45) is 0 Å². The molecule has 0 radical (unpaired) electrons. The van der Waals surface area contributed by atoms with E-state index in [-0.39, 0.29) is 5.91 Å². The lowest BCUT2D eigenvalue weighted by molar-refractivity contribution is -0.125. The van der Waals surface area contributed by atoms with Gasteiger partial charge in [0.1, 0.15) is 0 Å². The second-order valence-corrected chi connectivity index (χ2v) is 5.04. The molecule has 1 amide bonds. The zero-order chi connectivity index (χ0) is 12.8. The molecule has 1 N–H and O–H groups in total. The summed E-state index contributed by atoms with van der Waals surface area (Å²) in [6, 6.07) is 2.10. The molecule has 0 aliphatic rings. The molecule has 1 aromatic rings. The van der Waals surface area contributed by atoms with E-state index in [2.05, 4.69) is 16.4 Å². The minimum absolute atomic E-state index is 0.107. The number of hydrogen-bond donors (Lipinski definition) is 1. The first-order chi connectivity index (χ1) is 8.04. The van der Waals surface area contributed by atoms with Crippen LogP contribution in [0, 0.1) is 6.92 Å². The van der Waals surface area contributed by atoms with Crippen LogP contribution in [-0.2, 0) is 11.3 Å². The maximum absolute atomic E-state index is 11.5. The highest BCUT2D eigenvalue weighted by Crippen LogP contribution is 2.20. The lowest BCUT2D eigenvalue weighted by Gasteiger charge is -2.10. The Morgan fingerprint density at radius 2 is 2.24 bits per heavy atom. The quantitative estimate of drug-likeness (QED) is 0.803. The Morgan fingerprint density at radius 3 is 2.76 bits per heavy atom.